The highest BCUT2D eigenvalue weighted by Crippen LogP contribution is 2.29. The van der Waals surface area contributed by atoms with E-state index in [0.717, 1.165) is 12.7 Å². The molecule has 2 aromatic carbocycles. The molecular formula is C15H9I2NO3. The normalized spacial score (nSPS) is 9.95. The summed E-state index contributed by atoms with van der Waals surface area (Å²) in [4.78, 5) is 11.0. The summed E-state index contributed by atoms with van der Waals surface area (Å²) in [5.74, 6) is -0.282. The van der Waals surface area contributed by atoms with Crippen LogP contribution in [-0.2, 0) is 6.61 Å². The maximum atomic E-state index is 11.0. The van der Waals surface area contributed by atoms with Gasteiger partial charge < -0.3 is 9.84 Å². The molecule has 6 heteroatoms. The number of carboxylic acids is 1. The number of hydrogen-bond acceptors (Lipinski definition) is 3. The van der Waals surface area contributed by atoms with Crippen LogP contribution in [0.15, 0.2) is 36.4 Å². The second-order valence-corrected chi connectivity index (χ2v) is 6.50. The van der Waals surface area contributed by atoms with Crippen LogP contribution in [-0.4, -0.2) is 11.1 Å². The van der Waals surface area contributed by atoms with Crippen molar-refractivity contribution >= 4 is 51.2 Å². The van der Waals surface area contributed by atoms with Gasteiger partial charge in [0.15, 0.2) is 0 Å². The number of hydrogen-bond donors (Lipinski definition) is 1. The van der Waals surface area contributed by atoms with E-state index in [1.54, 1.807) is 24.3 Å². The zero-order valence-electron chi connectivity index (χ0n) is 10.6. The van der Waals surface area contributed by atoms with E-state index in [1.165, 1.54) is 0 Å². The average molecular weight is 505 g/mol. The molecule has 0 spiro atoms. The van der Waals surface area contributed by atoms with Crippen LogP contribution in [0, 0.1) is 18.5 Å². The predicted octanol–water partition coefficient (Wildman–Crippen LogP) is 4.04. The molecule has 0 bridgehead atoms. The van der Waals surface area contributed by atoms with E-state index in [1.807, 2.05) is 12.1 Å². The topological polar surface area (TPSA) is 70.3 Å². The molecule has 0 saturated carbocycles. The summed E-state index contributed by atoms with van der Waals surface area (Å²) >= 11 is 4.13. The van der Waals surface area contributed by atoms with E-state index in [2.05, 4.69) is 51.3 Å². The van der Waals surface area contributed by atoms with Crippen LogP contribution in [0.1, 0.15) is 21.5 Å². The van der Waals surface area contributed by atoms with Gasteiger partial charge in [-0.15, -0.1) is 0 Å². The molecule has 106 valence electrons. The summed E-state index contributed by atoms with van der Waals surface area (Å²) in [6.45, 7) is 0.365. The van der Waals surface area contributed by atoms with Gasteiger partial charge in [0.2, 0.25) is 0 Å². The van der Waals surface area contributed by atoms with Crippen LogP contribution in [0.3, 0.4) is 0 Å². The Hall–Kier alpha value is -1.34. The first kappa shape index (κ1) is 16.0. The van der Waals surface area contributed by atoms with Crippen molar-refractivity contribution in [3.63, 3.8) is 0 Å². The van der Waals surface area contributed by atoms with Crippen molar-refractivity contribution in [3.05, 3.63) is 60.2 Å². The largest absolute Gasteiger partial charge is 0.487 e. The lowest BCUT2D eigenvalue weighted by Crippen LogP contribution is -2.03. The van der Waals surface area contributed by atoms with Crippen LogP contribution in [0.5, 0.6) is 5.75 Å². The molecule has 1 N–H and O–H groups in total. The van der Waals surface area contributed by atoms with E-state index < -0.39 is 5.97 Å². The van der Waals surface area contributed by atoms with Gasteiger partial charge in [0.05, 0.1) is 24.3 Å². The van der Waals surface area contributed by atoms with E-state index >= 15 is 0 Å². The molecule has 0 aromatic heterocycles. The van der Waals surface area contributed by atoms with Crippen LogP contribution >= 0.6 is 45.2 Å². The standard InChI is InChI=1S/C15H9I2NO3/c16-12-5-11(15(19)20)6-13(17)14(12)21-8-10-3-1-9(7-18)2-4-10/h1-6H,8H2,(H,19,20). The third kappa shape index (κ3) is 4.07. The van der Waals surface area contributed by atoms with Gasteiger partial charge in [-0.05, 0) is 75.0 Å². The fourth-order valence-corrected chi connectivity index (χ4v) is 3.73. The molecule has 21 heavy (non-hydrogen) atoms. The van der Waals surface area contributed by atoms with Crippen molar-refractivity contribution in [2.45, 2.75) is 6.61 Å². The minimum atomic E-state index is -0.954. The minimum Gasteiger partial charge on any atom is -0.487 e. The lowest BCUT2D eigenvalue weighted by atomic mass is 10.1. The van der Waals surface area contributed by atoms with Gasteiger partial charge in [0.25, 0.3) is 0 Å². The Morgan fingerprint density at radius 3 is 2.24 bits per heavy atom. The second kappa shape index (κ2) is 7.09. The highest BCUT2D eigenvalue weighted by molar-refractivity contribution is 14.1. The molecule has 4 nitrogen and oxygen atoms in total. The number of nitrogens with zero attached hydrogens (tertiary/aromatic N) is 1. The Labute approximate surface area is 149 Å². The van der Waals surface area contributed by atoms with Gasteiger partial charge in [-0.1, -0.05) is 12.1 Å². The van der Waals surface area contributed by atoms with Crippen LogP contribution in [0.2, 0.25) is 0 Å². The van der Waals surface area contributed by atoms with E-state index in [-0.39, 0.29) is 5.56 Å². The second-order valence-electron chi connectivity index (χ2n) is 4.17. The number of rotatable bonds is 4. The van der Waals surface area contributed by atoms with Crippen molar-refractivity contribution in [1.82, 2.24) is 0 Å². The minimum absolute atomic E-state index is 0.245. The Morgan fingerprint density at radius 2 is 1.76 bits per heavy atom. The van der Waals surface area contributed by atoms with Gasteiger partial charge in [-0.25, -0.2) is 4.79 Å². The molecule has 2 rings (SSSR count). The summed E-state index contributed by atoms with van der Waals surface area (Å²) in [7, 11) is 0. The number of nitriles is 1. The summed E-state index contributed by atoms with van der Waals surface area (Å²) in [5, 5.41) is 17.8. The number of carbonyl (C=O) groups is 1. The van der Waals surface area contributed by atoms with Gasteiger partial charge in [-0.3, -0.25) is 0 Å². The van der Waals surface area contributed by atoms with Crippen molar-refractivity contribution in [1.29, 1.82) is 5.26 Å². The van der Waals surface area contributed by atoms with E-state index in [0.29, 0.717) is 17.9 Å². The zero-order valence-corrected chi connectivity index (χ0v) is 15.0. The van der Waals surface area contributed by atoms with E-state index in [9.17, 15) is 4.79 Å². The molecule has 0 fully saturated rings. The Balaban J connectivity index is 2.16. The molecule has 0 unspecified atom stereocenters. The lowest BCUT2D eigenvalue weighted by molar-refractivity contribution is 0.0696. The zero-order chi connectivity index (χ0) is 15.4. The molecular weight excluding hydrogens is 496 g/mol. The third-order valence-corrected chi connectivity index (χ3v) is 4.31. The fraction of sp³-hybridized carbons (Fsp3) is 0.0667. The van der Waals surface area contributed by atoms with E-state index in [4.69, 9.17) is 15.1 Å². The summed E-state index contributed by atoms with van der Waals surface area (Å²) in [6.07, 6.45) is 0. The average Bonchev–Trinajstić information content (AvgIpc) is 2.46. The Kier molecular flexibility index (Phi) is 5.41. The molecule has 0 aliphatic heterocycles. The van der Waals surface area contributed by atoms with Crippen molar-refractivity contribution in [3.8, 4) is 11.8 Å². The first-order valence-electron chi connectivity index (χ1n) is 5.85. The number of halogens is 2. The quantitative estimate of drug-likeness (QED) is 0.638. The summed E-state index contributed by atoms with van der Waals surface area (Å²) in [6, 6.07) is 12.4. The highest BCUT2D eigenvalue weighted by Gasteiger charge is 2.12. The van der Waals surface area contributed by atoms with Crippen LogP contribution < -0.4 is 4.74 Å². The van der Waals surface area contributed by atoms with Crippen LogP contribution in [0.25, 0.3) is 0 Å². The summed E-state index contributed by atoms with van der Waals surface area (Å²) in [5.41, 5.74) is 1.80. The molecule has 0 aliphatic carbocycles. The number of aromatic carboxylic acids is 1. The van der Waals surface area contributed by atoms with Gasteiger partial charge in [0, 0.05) is 0 Å². The Morgan fingerprint density at radius 1 is 1.19 bits per heavy atom. The lowest BCUT2D eigenvalue weighted by Gasteiger charge is -2.11. The molecule has 0 atom stereocenters. The van der Waals surface area contributed by atoms with Crippen molar-refractivity contribution < 1.29 is 14.6 Å². The monoisotopic (exact) mass is 505 g/mol. The molecule has 0 radical (unpaired) electrons. The number of benzene rings is 2. The maximum Gasteiger partial charge on any atom is 0.335 e. The van der Waals surface area contributed by atoms with Crippen molar-refractivity contribution in [2.24, 2.45) is 0 Å². The molecule has 0 amide bonds. The highest BCUT2D eigenvalue weighted by atomic mass is 127. The fourth-order valence-electron chi connectivity index (χ4n) is 1.65. The SMILES string of the molecule is N#Cc1ccc(COc2c(I)cc(C(=O)O)cc2I)cc1. The number of carboxylic acid groups (broad SMARTS) is 1. The van der Waals surface area contributed by atoms with Crippen LogP contribution in [0.4, 0.5) is 0 Å². The molecule has 0 aliphatic rings. The molecule has 0 saturated heterocycles. The number of ether oxygens (including phenoxy) is 1. The molecule has 2 aromatic rings. The summed E-state index contributed by atoms with van der Waals surface area (Å²) < 4.78 is 7.28. The first-order chi connectivity index (χ1) is 10.0. The Bertz CT molecular complexity index is 698. The van der Waals surface area contributed by atoms with Gasteiger partial charge in [-0.2, -0.15) is 5.26 Å². The van der Waals surface area contributed by atoms with Gasteiger partial charge in [0.1, 0.15) is 12.4 Å². The smallest absolute Gasteiger partial charge is 0.335 e. The van der Waals surface area contributed by atoms with Gasteiger partial charge >= 0.3 is 5.97 Å². The predicted molar refractivity (Wildman–Crippen MR) is 94.3 cm³/mol. The first-order valence-corrected chi connectivity index (χ1v) is 8.01. The third-order valence-electron chi connectivity index (χ3n) is 2.71. The molecule has 0 heterocycles. The van der Waals surface area contributed by atoms with Crippen molar-refractivity contribution in [2.75, 3.05) is 0 Å². The maximum absolute atomic E-state index is 11.0.